The first kappa shape index (κ1) is 27.2. The second-order valence-corrected chi connectivity index (χ2v) is 12.3. The Balaban J connectivity index is 1.42. The molecule has 0 aliphatic heterocycles. The first-order valence-electron chi connectivity index (χ1n) is 13.8. The Morgan fingerprint density at radius 1 is 1.08 bits per heavy atom. The quantitative estimate of drug-likeness (QED) is 0.341. The minimum absolute atomic E-state index is 0.0342. The van der Waals surface area contributed by atoms with Gasteiger partial charge in [-0.25, -0.2) is 14.6 Å². The van der Waals surface area contributed by atoms with E-state index in [9.17, 15) is 19.5 Å². The average Bonchev–Trinajstić information content (AvgIpc) is 3.18. The van der Waals surface area contributed by atoms with Gasteiger partial charge < -0.3 is 26.8 Å². The molecule has 3 amide bonds. The number of nitrogens with one attached hydrogen (secondary N) is 3. The molecule has 0 unspecified atom stereocenters. The molecule has 37 heavy (non-hydrogen) atoms. The van der Waals surface area contributed by atoms with Crippen molar-refractivity contribution < 1.29 is 19.5 Å². The number of urea groups is 1. The predicted octanol–water partition coefficient (Wildman–Crippen LogP) is 3.63. The third-order valence-corrected chi connectivity index (χ3v) is 9.92. The van der Waals surface area contributed by atoms with Crippen LogP contribution in [-0.2, 0) is 16.0 Å². The van der Waals surface area contributed by atoms with Crippen LogP contribution in [0.1, 0.15) is 84.1 Å². The number of aliphatic carboxylic acids is 1. The summed E-state index contributed by atoms with van der Waals surface area (Å²) in [6, 6.07) is 0.851. The maximum Gasteiger partial charge on any atom is 0.326 e. The van der Waals surface area contributed by atoms with E-state index in [1.807, 2.05) is 0 Å². The van der Waals surface area contributed by atoms with Gasteiger partial charge in [0.15, 0.2) is 0 Å². The molecule has 3 aliphatic rings. The number of nitrogens with two attached hydrogens (primary N) is 1. The second kappa shape index (κ2) is 10.9. The van der Waals surface area contributed by atoms with Crippen LogP contribution < -0.4 is 21.7 Å². The molecule has 9 heteroatoms. The lowest BCUT2D eigenvalue weighted by Crippen LogP contribution is -2.57. The molecule has 0 aromatic carbocycles. The minimum atomic E-state index is -1.16. The number of rotatable bonds is 9. The molecule has 0 saturated heterocycles. The molecular weight excluding hydrogens is 470 g/mol. The van der Waals surface area contributed by atoms with Crippen molar-refractivity contribution in [2.45, 2.75) is 103 Å². The molecule has 3 fully saturated rings. The number of nitrogen functional groups attached to an aromatic ring is 1. The zero-order valence-electron chi connectivity index (χ0n) is 22.4. The fourth-order valence-electron chi connectivity index (χ4n) is 7.03. The molecule has 3 saturated carbocycles. The molecule has 9 nitrogen and oxygen atoms in total. The summed E-state index contributed by atoms with van der Waals surface area (Å²) < 4.78 is 0. The highest BCUT2D eigenvalue weighted by molar-refractivity contribution is 5.89. The molecule has 2 bridgehead atoms. The van der Waals surface area contributed by atoms with Gasteiger partial charge in [-0.3, -0.25) is 4.79 Å². The number of fused-ring (bicyclic) bond motifs is 2. The first-order valence-corrected chi connectivity index (χ1v) is 13.8. The van der Waals surface area contributed by atoms with Crippen LogP contribution in [0.25, 0.3) is 0 Å². The molecule has 204 valence electrons. The van der Waals surface area contributed by atoms with Crippen LogP contribution in [0.3, 0.4) is 0 Å². The normalized spacial score (nSPS) is 28.3. The zero-order chi connectivity index (χ0) is 26.8. The number of aromatic nitrogens is 1. The van der Waals surface area contributed by atoms with Crippen molar-refractivity contribution in [2.75, 3.05) is 5.73 Å². The number of carbonyl (C=O) groups is 3. The van der Waals surface area contributed by atoms with Crippen LogP contribution in [0.2, 0.25) is 0 Å². The number of pyridine rings is 1. The molecule has 4 rings (SSSR count). The molecule has 1 heterocycles. The third kappa shape index (κ3) is 5.85. The lowest BCUT2D eigenvalue weighted by Gasteiger charge is -2.40. The van der Waals surface area contributed by atoms with Crippen LogP contribution in [-0.4, -0.2) is 46.1 Å². The topological polar surface area (TPSA) is 146 Å². The maximum absolute atomic E-state index is 13.6. The van der Waals surface area contributed by atoms with Gasteiger partial charge in [0.25, 0.3) is 0 Å². The van der Waals surface area contributed by atoms with Crippen molar-refractivity contribution in [3.05, 3.63) is 23.9 Å². The maximum atomic E-state index is 13.6. The highest BCUT2D eigenvalue weighted by Gasteiger charge is 2.61. The molecule has 1 aromatic heterocycles. The van der Waals surface area contributed by atoms with E-state index < -0.39 is 24.1 Å². The number of amides is 3. The summed E-state index contributed by atoms with van der Waals surface area (Å²) in [6.45, 7) is 6.90. The van der Waals surface area contributed by atoms with Gasteiger partial charge in [0.2, 0.25) is 5.91 Å². The van der Waals surface area contributed by atoms with Gasteiger partial charge in [-0.05, 0) is 60.0 Å². The van der Waals surface area contributed by atoms with Gasteiger partial charge in [0, 0.05) is 18.7 Å². The van der Waals surface area contributed by atoms with Crippen molar-refractivity contribution in [1.82, 2.24) is 20.9 Å². The number of carboxylic acids is 1. The van der Waals surface area contributed by atoms with Crippen molar-refractivity contribution in [3.63, 3.8) is 0 Å². The van der Waals surface area contributed by atoms with Gasteiger partial charge in [0.1, 0.15) is 17.9 Å². The number of hydrogen-bond donors (Lipinski definition) is 5. The smallest absolute Gasteiger partial charge is 0.326 e. The number of carboxylic acid groups (broad SMARTS) is 1. The monoisotopic (exact) mass is 513 g/mol. The highest BCUT2D eigenvalue weighted by Crippen LogP contribution is 2.65. The lowest BCUT2D eigenvalue weighted by atomic mass is 9.69. The van der Waals surface area contributed by atoms with Crippen molar-refractivity contribution >= 4 is 23.7 Å². The lowest BCUT2D eigenvalue weighted by molar-refractivity contribution is -0.139. The summed E-state index contributed by atoms with van der Waals surface area (Å²) in [5, 5.41) is 18.4. The van der Waals surface area contributed by atoms with E-state index in [0.29, 0.717) is 29.6 Å². The van der Waals surface area contributed by atoms with Gasteiger partial charge in [-0.2, -0.15) is 0 Å². The Labute approximate surface area is 219 Å². The molecule has 3 aliphatic carbocycles. The average molecular weight is 514 g/mol. The van der Waals surface area contributed by atoms with Gasteiger partial charge in [-0.15, -0.1) is 0 Å². The predicted molar refractivity (Wildman–Crippen MR) is 142 cm³/mol. The van der Waals surface area contributed by atoms with Crippen molar-refractivity contribution in [3.8, 4) is 0 Å². The molecule has 0 radical (unpaired) electrons. The molecule has 6 N–H and O–H groups in total. The van der Waals surface area contributed by atoms with Crippen molar-refractivity contribution in [2.24, 2.45) is 22.7 Å². The summed E-state index contributed by atoms with van der Waals surface area (Å²) in [5.41, 5.74) is 6.46. The number of hydrogen-bond acceptors (Lipinski definition) is 5. The zero-order valence-corrected chi connectivity index (χ0v) is 22.4. The molecule has 0 spiro atoms. The molecular formula is C28H43N5O4. The van der Waals surface area contributed by atoms with Gasteiger partial charge >= 0.3 is 12.0 Å². The summed E-state index contributed by atoms with van der Waals surface area (Å²) in [5.74, 6) is -0.0177. The van der Waals surface area contributed by atoms with Crippen LogP contribution >= 0.6 is 0 Å². The largest absolute Gasteiger partial charge is 0.480 e. The summed E-state index contributed by atoms with van der Waals surface area (Å²) in [7, 11) is 0. The number of nitrogens with zero attached hydrogens (tertiary/aromatic N) is 1. The van der Waals surface area contributed by atoms with E-state index in [2.05, 4.69) is 41.7 Å². The third-order valence-electron chi connectivity index (χ3n) is 9.92. The fraction of sp³-hybridized carbons (Fsp3) is 0.714. The second-order valence-electron chi connectivity index (χ2n) is 12.3. The number of anilines is 1. The Morgan fingerprint density at radius 3 is 2.35 bits per heavy atom. The van der Waals surface area contributed by atoms with E-state index >= 15 is 0 Å². The number of carbonyl (C=O) groups excluding carboxylic acids is 2. The Hall–Kier alpha value is -2.84. The van der Waals surface area contributed by atoms with Crippen LogP contribution in [0, 0.1) is 22.7 Å². The minimum Gasteiger partial charge on any atom is -0.480 e. The molecule has 1 aromatic rings. The van der Waals surface area contributed by atoms with E-state index in [0.717, 1.165) is 38.5 Å². The Bertz CT molecular complexity index is 991. The Kier molecular flexibility index (Phi) is 7.99. The van der Waals surface area contributed by atoms with E-state index in [4.69, 9.17) is 5.73 Å². The van der Waals surface area contributed by atoms with E-state index in [-0.39, 0.29) is 29.2 Å². The van der Waals surface area contributed by atoms with Crippen LogP contribution in [0.5, 0.6) is 0 Å². The molecule has 5 atom stereocenters. The highest BCUT2D eigenvalue weighted by atomic mass is 16.4. The summed E-state index contributed by atoms with van der Waals surface area (Å²) >= 11 is 0. The Morgan fingerprint density at radius 2 is 1.78 bits per heavy atom. The summed E-state index contributed by atoms with van der Waals surface area (Å²) in [4.78, 5) is 42.4. The fourth-order valence-corrected chi connectivity index (χ4v) is 7.03. The van der Waals surface area contributed by atoms with E-state index in [1.54, 1.807) is 12.1 Å². The summed E-state index contributed by atoms with van der Waals surface area (Å²) in [6.07, 6.45) is 11.0. The van der Waals surface area contributed by atoms with Crippen LogP contribution in [0.15, 0.2) is 18.3 Å². The van der Waals surface area contributed by atoms with Gasteiger partial charge in [-0.1, -0.05) is 58.9 Å². The van der Waals surface area contributed by atoms with Crippen molar-refractivity contribution in [1.29, 1.82) is 0 Å². The standard InChI is InChI=1S/C28H43N5O4/c1-27(2)19-11-12-28(27,3)22(15-19)33-24(34)20(13-17-7-5-4-6-8-17)31-26(37)32-21(25(35)36)14-18-9-10-23(29)30-16-18/h9-10,16-17,19-22H,4-8,11-15H2,1-3H3,(H2,29,30)(H,33,34)(H,35,36)(H2,31,32,37)/t19-,20-,21-,22+,28+/m1/s1. The van der Waals surface area contributed by atoms with Gasteiger partial charge in [0.05, 0.1) is 0 Å². The van der Waals surface area contributed by atoms with E-state index in [1.165, 1.54) is 19.0 Å². The van der Waals surface area contributed by atoms with Crippen LogP contribution in [0.4, 0.5) is 10.6 Å². The first-order chi connectivity index (χ1) is 17.5. The SMILES string of the molecule is CC1(C)[C@@H]2CC[C@@]1(C)[C@@H](NC(=O)[C@@H](CC1CCCCC1)NC(=O)N[C@H](Cc1ccc(N)nc1)C(=O)O)C2.